The molecule has 1 atom stereocenters. The van der Waals surface area contributed by atoms with Crippen molar-refractivity contribution >= 4 is 32.6 Å². The summed E-state index contributed by atoms with van der Waals surface area (Å²) in [5.41, 5.74) is 11.6. The minimum atomic E-state index is 0. The van der Waals surface area contributed by atoms with Gasteiger partial charge in [-0.05, 0) is 102 Å². The third-order valence-corrected chi connectivity index (χ3v) is 10.6. The van der Waals surface area contributed by atoms with Crippen molar-refractivity contribution in [3.05, 3.63) is 94.1 Å². The van der Waals surface area contributed by atoms with E-state index in [0.29, 0.717) is 5.92 Å². The lowest BCUT2D eigenvalue weighted by Gasteiger charge is -2.26. The van der Waals surface area contributed by atoms with Gasteiger partial charge in [-0.15, -0.1) is 17.1 Å². The summed E-state index contributed by atoms with van der Waals surface area (Å²) in [4.78, 5) is 1.44. The first-order valence-electron chi connectivity index (χ1n) is 18.4. The van der Waals surface area contributed by atoms with Crippen LogP contribution in [-0.4, -0.2) is 7.11 Å². The van der Waals surface area contributed by atoms with Crippen LogP contribution in [0.4, 0.5) is 0 Å². The minimum absolute atomic E-state index is 0. The maximum Gasteiger partial charge on any atom is 0.122 e. The average Bonchev–Trinajstić information content (AvgIpc) is 3.49. The van der Waals surface area contributed by atoms with E-state index < -0.39 is 0 Å². The molecule has 1 nitrogen and oxygen atoms in total. The van der Waals surface area contributed by atoms with E-state index >= 15 is 0 Å². The SMILES string of the molecule is C=C=C(CCC1CCC(C)CC1)c1sc2ccccc2c1CC.CC.CC.CCC1=CC(c2ccc(OC)c(CC)c2)=CC(C)C1.[HH]. The molecule has 2 aliphatic rings. The standard InChI is InChI=1S/C22H28S.C18H24O.2C2H6.H2/c1-4-18(15-14-17-12-10-16(3)11-13-17)22-19(5-2)20-8-6-7-9-21(20)23-22;1-5-14-9-13(3)10-17(11-14)16-7-8-18(19-4)15(6-2)12-16;2*1-2;/h6-9,16-17H,1,5,10-15H2,2-3H3;7-8,10-13H,5-6,9H2,1-4H3;2*1-2H3;1H. The van der Waals surface area contributed by atoms with Crippen LogP contribution < -0.4 is 4.74 Å². The van der Waals surface area contributed by atoms with Crippen LogP contribution in [0, 0.1) is 17.8 Å². The maximum atomic E-state index is 5.41. The predicted octanol–water partition coefficient (Wildman–Crippen LogP) is 14.6. The fraction of sp³-hybridized carbons (Fsp3) is 0.523. The molecule has 2 heteroatoms. The monoisotopic (exact) mass is 642 g/mol. The van der Waals surface area contributed by atoms with Crippen LogP contribution in [-0.2, 0) is 12.8 Å². The van der Waals surface area contributed by atoms with Gasteiger partial charge in [0.2, 0.25) is 0 Å². The summed E-state index contributed by atoms with van der Waals surface area (Å²) >= 11 is 1.93. The van der Waals surface area contributed by atoms with Gasteiger partial charge in [0.05, 0.1) is 7.11 Å². The average molecular weight is 643 g/mol. The summed E-state index contributed by atoms with van der Waals surface area (Å²) in [6.07, 6.45) is 17.3. The van der Waals surface area contributed by atoms with Crippen LogP contribution in [0.5, 0.6) is 5.75 Å². The molecule has 1 saturated carbocycles. The molecule has 0 spiro atoms. The molecule has 0 aliphatic heterocycles. The number of benzene rings is 2. The van der Waals surface area contributed by atoms with Crippen LogP contribution in [0.3, 0.4) is 0 Å². The van der Waals surface area contributed by atoms with Crippen molar-refractivity contribution in [2.75, 3.05) is 7.11 Å². The fourth-order valence-corrected chi connectivity index (χ4v) is 8.05. The highest BCUT2D eigenvalue weighted by atomic mass is 32.1. The lowest BCUT2D eigenvalue weighted by atomic mass is 9.80. The van der Waals surface area contributed by atoms with E-state index in [1.807, 2.05) is 39.0 Å². The summed E-state index contributed by atoms with van der Waals surface area (Å²) in [6, 6.07) is 15.3. The van der Waals surface area contributed by atoms with Crippen molar-refractivity contribution in [3.63, 3.8) is 0 Å². The number of fused-ring (bicyclic) bond motifs is 1. The molecule has 1 unspecified atom stereocenters. The Kier molecular flexibility index (Phi) is 18.1. The molecular formula is C44H66OS. The first-order valence-corrected chi connectivity index (χ1v) is 19.2. The molecule has 2 aromatic carbocycles. The number of thiophene rings is 1. The molecular weight excluding hydrogens is 577 g/mol. The molecule has 1 fully saturated rings. The normalized spacial score (nSPS) is 18.7. The first-order chi connectivity index (χ1) is 22.4. The van der Waals surface area contributed by atoms with Gasteiger partial charge in [-0.3, -0.25) is 0 Å². The zero-order valence-electron chi connectivity index (χ0n) is 31.0. The molecule has 0 saturated heterocycles. The Morgan fingerprint density at radius 1 is 0.935 bits per heavy atom. The second-order valence-corrected chi connectivity index (χ2v) is 13.5. The number of ether oxygens (including phenoxy) is 1. The summed E-state index contributed by atoms with van der Waals surface area (Å²) < 4.78 is 6.81. The largest absolute Gasteiger partial charge is 0.496 e. The fourth-order valence-electron chi connectivity index (χ4n) is 6.71. The van der Waals surface area contributed by atoms with E-state index in [0.717, 1.165) is 43.3 Å². The van der Waals surface area contributed by atoms with Gasteiger partial charge in [-0.1, -0.05) is 137 Å². The Morgan fingerprint density at radius 3 is 2.24 bits per heavy atom. The maximum absolute atomic E-state index is 5.41. The number of hydrogen-bond acceptors (Lipinski definition) is 2. The second kappa shape index (κ2) is 21.1. The van der Waals surface area contributed by atoms with E-state index in [2.05, 4.69) is 102 Å². The number of aryl methyl sites for hydroxylation is 2. The third kappa shape index (κ3) is 10.9. The molecule has 254 valence electrons. The summed E-state index contributed by atoms with van der Waals surface area (Å²) in [5.74, 6) is 3.49. The molecule has 0 amide bonds. The number of methoxy groups -OCH3 is 1. The zero-order chi connectivity index (χ0) is 34.1. The molecule has 3 aromatic rings. The topological polar surface area (TPSA) is 9.23 Å². The highest BCUT2D eigenvalue weighted by molar-refractivity contribution is 7.20. The lowest BCUT2D eigenvalue weighted by molar-refractivity contribution is 0.279. The molecule has 0 N–H and O–H groups in total. The quantitative estimate of drug-likeness (QED) is 0.211. The first kappa shape index (κ1) is 39.4. The van der Waals surface area contributed by atoms with Crippen molar-refractivity contribution in [1.82, 2.24) is 0 Å². The van der Waals surface area contributed by atoms with Crippen LogP contribution in [0.15, 0.2) is 72.5 Å². The van der Waals surface area contributed by atoms with Crippen molar-refractivity contribution in [2.45, 2.75) is 127 Å². The summed E-state index contributed by atoms with van der Waals surface area (Å²) in [7, 11) is 1.74. The van der Waals surface area contributed by atoms with Gasteiger partial charge in [0.25, 0.3) is 0 Å². The molecule has 5 rings (SSSR count). The predicted molar refractivity (Wildman–Crippen MR) is 211 cm³/mol. The third-order valence-electron chi connectivity index (χ3n) is 9.33. The smallest absolute Gasteiger partial charge is 0.122 e. The highest BCUT2D eigenvalue weighted by Gasteiger charge is 2.20. The molecule has 0 radical (unpaired) electrons. The number of hydrogen-bond donors (Lipinski definition) is 0. The minimum Gasteiger partial charge on any atom is -0.496 e. The second-order valence-electron chi connectivity index (χ2n) is 12.4. The molecule has 1 heterocycles. The van der Waals surface area contributed by atoms with E-state index in [1.54, 1.807) is 12.7 Å². The molecule has 0 bridgehead atoms. The van der Waals surface area contributed by atoms with Gasteiger partial charge in [0.15, 0.2) is 0 Å². The van der Waals surface area contributed by atoms with Crippen LogP contribution >= 0.6 is 11.3 Å². The lowest BCUT2D eigenvalue weighted by Crippen LogP contribution is -2.12. The number of allylic oxidation sites excluding steroid dienone is 5. The van der Waals surface area contributed by atoms with Crippen molar-refractivity contribution < 1.29 is 6.16 Å². The van der Waals surface area contributed by atoms with Gasteiger partial charge in [-0.2, -0.15) is 0 Å². The van der Waals surface area contributed by atoms with E-state index in [-0.39, 0.29) is 1.43 Å². The summed E-state index contributed by atoms with van der Waals surface area (Å²) in [5, 5.41) is 1.43. The molecule has 46 heavy (non-hydrogen) atoms. The van der Waals surface area contributed by atoms with Crippen molar-refractivity contribution in [2.24, 2.45) is 17.8 Å². The van der Waals surface area contributed by atoms with E-state index in [4.69, 9.17) is 4.74 Å². The van der Waals surface area contributed by atoms with Gasteiger partial charge in [-0.25, -0.2) is 0 Å². The molecule has 2 aliphatic carbocycles. The van der Waals surface area contributed by atoms with Gasteiger partial charge in [0.1, 0.15) is 5.75 Å². The van der Waals surface area contributed by atoms with Gasteiger partial charge in [0, 0.05) is 16.6 Å². The Hall–Kier alpha value is -2.80. The van der Waals surface area contributed by atoms with Crippen LogP contribution in [0.25, 0.3) is 21.2 Å². The van der Waals surface area contributed by atoms with Crippen molar-refractivity contribution in [1.29, 1.82) is 0 Å². The van der Waals surface area contributed by atoms with E-state index in [1.165, 1.54) is 81.3 Å². The zero-order valence-corrected chi connectivity index (χ0v) is 31.8. The summed E-state index contributed by atoms with van der Waals surface area (Å²) in [6.45, 7) is 23.4. The Balaban J connectivity index is 0.000000423. The Bertz CT molecular complexity index is 1440. The van der Waals surface area contributed by atoms with Crippen LogP contribution in [0.2, 0.25) is 0 Å². The van der Waals surface area contributed by atoms with Gasteiger partial charge >= 0.3 is 0 Å². The van der Waals surface area contributed by atoms with Crippen molar-refractivity contribution in [3.8, 4) is 5.75 Å². The molecule has 1 aromatic heterocycles. The highest BCUT2D eigenvalue weighted by Crippen LogP contribution is 2.39. The van der Waals surface area contributed by atoms with Crippen LogP contribution in [0.1, 0.15) is 137 Å². The Labute approximate surface area is 289 Å². The number of rotatable bonds is 9. The van der Waals surface area contributed by atoms with E-state index in [9.17, 15) is 0 Å². The Morgan fingerprint density at radius 2 is 1.63 bits per heavy atom. The van der Waals surface area contributed by atoms with Gasteiger partial charge < -0.3 is 4.74 Å².